The molecule has 16 heavy (non-hydrogen) atoms. The second-order valence-electron chi connectivity index (χ2n) is 4.54. The molecule has 2 rings (SSSR count). The summed E-state index contributed by atoms with van der Waals surface area (Å²) < 4.78 is 5.40. The number of rotatable bonds is 4. The van der Waals surface area contributed by atoms with E-state index in [4.69, 9.17) is 4.74 Å². The quantitative estimate of drug-likeness (QED) is 0.840. The summed E-state index contributed by atoms with van der Waals surface area (Å²) in [6.07, 6.45) is 3.65. The van der Waals surface area contributed by atoms with Gasteiger partial charge in [-0.15, -0.1) is 0 Å². The molecule has 2 nitrogen and oxygen atoms in total. The highest BCUT2D eigenvalue weighted by atomic mass is 16.5. The smallest absolute Gasteiger partial charge is 0.0468 e. The van der Waals surface area contributed by atoms with Gasteiger partial charge in [0.2, 0.25) is 0 Å². The van der Waals surface area contributed by atoms with E-state index in [9.17, 15) is 0 Å². The van der Waals surface area contributed by atoms with Crippen molar-refractivity contribution in [2.45, 2.75) is 25.3 Å². The molecule has 2 heteroatoms. The summed E-state index contributed by atoms with van der Waals surface area (Å²) in [6.45, 7) is 1.88. The Kier molecular flexibility index (Phi) is 4.37. The van der Waals surface area contributed by atoms with Crippen LogP contribution in [-0.4, -0.2) is 20.3 Å². The summed E-state index contributed by atoms with van der Waals surface area (Å²) in [6, 6.07) is 11.2. The van der Waals surface area contributed by atoms with Gasteiger partial charge in [-0.3, -0.25) is 0 Å². The molecule has 1 N–H and O–H groups in total. The third-order valence-corrected chi connectivity index (χ3v) is 3.46. The Bertz CT molecular complexity index is 293. The highest BCUT2D eigenvalue weighted by Gasteiger charge is 2.19. The first kappa shape index (κ1) is 11.6. The van der Waals surface area contributed by atoms with Gasteiger partial charge in [0, 0.05) is 19.3 Å². The van der Waals surface area contributed by atoms with Crippen molar-refractivity contribution in [3.05, 3.63) is 35.9 Å². The van der Waals surface area contributed by atoms with Gasteiger partial charge in [-0.05, 0) is 37.8 Å². The Labute approximate surface area is 98.0 Å². The highest BCUT2D eigenvalue weighted by molar-refractivity contribution is 5.18. The molecule has 0 radical (unpaired) electrons. The van der Waals surface area contributed by atoms with Crippen LogP contribution in [0.2, 0.25) is 0 Å². The van der Waals surface area contributed by atoms with Crippen molar-refractivity contribution in [1.82, 2.24) is 5.32 Å². The van der Waals surface area contributed by atoms with Crippen LogP contribution < -0.4 is 5.32 Å². The maximum atomic E-state index is 5.40. The molecule has 1 atom stereocenters. The minimum atomic E-state index is 0.490. The molecule has 0 spiro atoms. The molecule has 0 aromatic heterocycles. The van der Waals surface area contributed by atoms with Gasteiger partial charge in [-0.25, -0.2) is 0 Å². The molecule has 1 heterocycles. The van der Waals surface area contributed by atoms with Crippen LogP contribution in [0.15, 0.2) is 30.3 Å². The summed E-state index contributed by atoms with van der Waals surface area (Å²) in [4.78, 5) is 0. The maximum absolute atomic E-state index is 5.40. The Balaban J connectivity index is 1.94. The number of hydrogen-bond acceptors (Lipinski definition) is 2. The van der Waals surface area contributed by atoms with Crippen LogP contribution in [0.3, 0.4) is 0 Å². The molecule has 1 unspecified atom stereocenters. The van der Waals surface area contributed by atoms with E-state index in [1.807, 2.05) is 0 Å². The monoisotopic (exact) mass is 219 g/mol. The van der Waals surface area contributed by atoms with E-state index in [1.54, 1.807) is 0 Å². The fraction of sp³-hybridized carbons (Fsp3) is 0.571. The molecule has 1 saturated heterocycles. The lowest BCUT2D eigenvalue weighted by Gasteiger charge is -2.26. The third-order valence-electron chi connectivity index (χ3n) is 3.46. The lowest BCUT2D eigenvalue weighted by atomic mass is 9.89. The highest BCUT2D eigenvalue weighted by Crippen LogP contribution is 2.27. The summed E-state index contributed by atoms with van der Waals surface area (Å²) >= 11 is 0. The molecule has 1 aliphatic rings. The Morgan fingerprint density at radius 2 is 1.94 bits per heavy atom. The molecule has 1 aromatic carbocycles. The van der Waals surface area contributed by atoms with E-state index in [0.29, 0.717) is 6.04 Å². The first-order chi connectivity index (χ1) is 7.90. The van der Waals surface area contributed by atoms with Gasteiger partial charge in [0.1, 0.15) is 0 Å². The zero-order valence-corrected chi connectivity index (χ0v) is 9.99. The van der Waals surface area contributed by atoms with Crippen molar-refractivity contribution in [3.63, 3.8) is 0 Å². The van der Waals surface area contributed by atoms with Gasteiger partial charge in [-0.2, -0.15) is 0 Å². The van der Waals surface area contributed by atoms with Gasteiger partial charge in [-0.1, -0.05) is 30.3 Å². The van der Waals surface area contributed by atoms with E-state index in [0.717, 1.165) is 19.1 Å². The minimum absolute atomic E-state index is 0.490. The predicted octanol–water partition coefficient (Wildman–Crippen LogP) is 2.76. The first-order valence-electron chi connectivity index (χ1n) is 6.20. The van der Waals surface area contributed by atoms with E-state index < -0.39 is 0 Å². The molecular weight excluding hydrogens is 198 g/mol. The van der Waals surface area contributed by atoms with E-state index in [1.165, 1.54) is 24.8 Å². The minimum Gasteiger partial charge on any atom is -0.381 e. The van der Waals surface area contributed by atoms with Crippen LogP contribution in [0.1, 0.15) is 30.9 Å². The first-order valence-corrected chi connectivity index (χ1v) is 6.20. The number of ether oxygens (including phenoxy) is 1. The molecule has 0 saturated carbocycles. The molecule has 0 bridgehead atoms. The number of nitrogens with one attached hydrogen (secondary N) is 1. The summed E-state index contributed by atoms with van der Waals surface area (Å²) in [7, 11) is 2.05. The van der Waals surface area contributed by atoms with Crippen molar-refractivity contribution in [2.75, 3.05) is 20.3 Å². The molecule has 0 amide bonds. The van der Waals surface area contributed by atoms with E-state index in [-0.39, 0.29) is 0 Å². The second-order valence-corrected chi connectivity index (χ2v) is 4.54. The van der Waals surface area contributed by atoms with Crippen LogP contribution in [0.4, 0.5) is 0 Å². The maximum Gasteiger partial charge on any atom is 0.0468 e. The lowest BCUT2D eigenvalue weighted by Crippen LogP contribution is -2.23. The number of benzene rings is 1. The van der Waals surface area contributed by atoms with Crippen molar-refractivity contribution < 1.29 is 4.74 Å². The predicted molar refractivity (Wildman–Crippen MR) is 66.4 cm³/mol. The van der Waals surface area contributed by atoms with Crippen LogP contribution in [0.5, 0.6) is 0 Å². The SMILES string of the molecule is CNC(CC1CCOCC1)c1ccccc1. The molecule has 1 aliphatic heterocycles. The van der Waals surface area contributed by atoms with E-state index in [2.05, 4.69) is 42.7 Å². The van der Waals surface area contributed by atoms with Gasteiger partial charge < -0.3 is 10.1 Å². The summed E-state index contributed by atoms with van der Waals surface area (Å²) in [5, 5.41) is 3.42. The Hall–Kier alpha value is -0.860. The Morgan fingerprint density at radius 3 is 2.56 bits per heavy atom. The zero-order valence-electron chi connectivity index (χ0n) is 9.99. The van der Waals surface area contributed by atoms with Crippen LogP contribution in [-0.2, 0) is 4.74 Å². The van der Waals surface area contributed by atoms with Crippen LogP contribution >= 0.6 is 0 Å². The van der Waals surface area contributed by atoms with Crippen molar-refractivity contribution in [1.29, 1.82) is 0 Å². The van der Waals surface area contributed by atoms with E-state index >= 15 is 0 Å². The molecule has 1 aromatic rings. The average Bonchev–Trinajstić information content (AvgIpc) is 2.38. The average molecular weight is 219 g/mol. The normalized spacial score (nSPS) is 19.6. The summed E-state index contributed by atoms with van der Waals surface area (Å²) in [5.74, 6) is 0.811. The van der Waals surface area contributed by atoms with Gasteiger partial charge in [0.15, 0.2) is 0 Å². The standard InChI is InChI=1S/C14H21NO/c1-15-14(13-5-3-2-4-6-13)11-12-7-9-16-10-8-12/h2-6,12,14-15H,7-11H2,1H3. The van der Waals surface area contributed by atoms with Crippen LogP contribution in [0.25, 0.3) is 0 Å². The summed E-state index contributed by atoms with van der Waals surface area (Å²) in [5.41, 5.74) is 1.40. The lowest BCUT2D eigenvalue weighted by molar-refractivity contribution is 0.0608. The van der Waals surface area contributed by atoms with Crippen molar-refractivity contribution in [3.8, 4) is 0 Å². The fourth-order valence-corrected chi connectivity index (χ4v) is 2.42. The second kappa shape index (κ2) is 6.02. The molecular formula is C14H21NO. The largest absolute Gasteiger partial charge is 0.381 e. The topological polar surface area (TPSA) is 21.3 Å². The fourth-order valence-electron chi connectivity index (χ4n) is 2.42. The van der Waals surface area contributed by atoms with Crippen LogP contribution in [0, 0.1) is 5.92 Å². The van der Waals surface area contributed by atoms with Gasteiger partial charge in [0.05, 0.1) is 0 Å². The van der Waals surface area contributed by atoms with Gasteiger partial charge in [0.25, 0.3) is 0 Å². The van der Waals surface area contributed by atoms with Gasteiger partial charge >= 0.3 is 0 Å². The molecule has 88 valence electrons. The number of hydrogen-bond donors (Lipinski definition) is 1. The zero-order chi connectivity index (χ0) is 11.2. The molecule has 0 aliphatic carbocycles. The Morgan fingerprint density at radius 1 is 1.25 bits per heavy atom. The third kappa shape index (κ3) is 3.06. The molecule has 1 fully saturated rings. The van der Waals surface area contributed by atoms with Crippen molar-refractivity contribution in [2.24, 2.45) is 5.92 Å². The van der Waals surface area contributed by atoms with Crippen molar-refractivity contribution >= 4 is 0 Å².